The second-order valence-corrected chi connectivity index (χ2v) is 15.2. The van der Waals surface area contributed by atoms with Crippen LogP contribution in [0.1, 0.15) is 72.4 Å². The van der Waals surface area contributed by atoms with Gasteiger partial charge in [-0.1, -0.05) is 76.6 Å². The van der Waals surface area contributed by atoms with Crippen molar-refractivity contribution in [1.29, 1.82) is 0 Å². The number of carboxylic acid groups (broad SMARTS) is 1. The van der Waals surface area contributed by atoms with E-state index < -0.39 is 102 Å². The summed E-state index contributed by atoms with van der Waals surface area (Å²) in [4.78, 5) is 105. The molecule has 18 heteroatoms. The Balaban J connectivity index is 2.45. The van der Waals surface area contributed by atoms with E-state index in [1.165, 1.54) is 26.0 Å². The molecule has 59 heavy (non-hydrogen) atoms. The van der Waals surface area contributed by atoms with E-state index in [1.807, 2.05) is 20.8 Å². The Hall–Kier alpha value is -6.04. The van der Waals surface area contributed by atoms with Gasteiger partial charge in [0.1, 0.15) is 48.5 Å². The van der Waals surface area contributed by atoms with Gasteiger partial charge in [-0.3, -0.25) is 38.4 Å². The van der Waals surface area contributed by atoms with Crippen LogP contribution in [0.5, 0.6) is 5.75 Å². The first-order chi connectivity index (χ1) is 27.7. The van der Waals surface area contributed by atoms with E-state index in [1.54, 1.807) is 56.3 Å². The number of carbonyl (C=O) groups excluding carboxylic acids is 7. The maximum atomic E-state index is 14.3. The third-order valence-electron chi connectivity index (χ3n) is 9.42. The summed E-state index contributed by atoms with van der Waals surface area (Å²) in [6.45, 7) is 11.0. The highest BCUT2D eigenvalue weighted by atomic mass is 16.4. The number of phenolic OH excluding ortho intramolecular Hbond substituents is 1. The van der Waals surface area contributed by atoms with Gasteiger partial charge in [-0.05, 0) is 62.3 Å². The molecular formula is C41H61N8O10+. The molecule has 0 aliphatic rings. The predicted octanol–water partition coefficient (Wildman–Crippen LogP) is -0.951. The Morgan fingerprint density at radius 2 is 1.05 bits per heavy atom. The zero-order valence-electron chi connectivity index (χ0n) is 34.8. The lowest BCUT2D eigenvalue weighted by molar-refractivity contribution is -0.398. The fourth-order valence-electron chi connectivity index (χ4n) is 5.74. The van der Waals surface area contributed by atoms with Crippen LogP contribution in [0.25, 0.3) is 0 Å². The SMILES string of the molecule is CC[C@H](C)[C@H](NC(=O)[C@H](C)NC(=O)[C@H](C)[NH3+])C(=O)N[C@@H](Cc1ccccc1)C(=O)N[C@@H](Cc1ccc(O)cc1)C(=O)N[C@@H](CC(C)C)C(=O)N[C@@H](C)C(=O)NCC(=O)O. The second-order valence-electron chi connectivity index (χ2n) is 15.2. The zero-order valence-corrected chi connectivity index (χ0v) is 34.8. The maximum absolute atomic E-state index is 14.3. The lowest BCUT2D eigenvalue weighted by atomic mass is 9.96. The van der Waals surface area contributed by atoms with Gasteiger partial charge in [0, 0.05) is 12.8 Å². The molecule has 0 heterocycles. The molecule has 2 aromatic carbocycles. The molecule has 0 unspecified atom stereocenters. The predicted molar refractivity (Wildman–Crippen MR) is 217 cm³/mol. The van der Waals surface area contributed by atoms with Crippen molar-refractivity contribution >= 4 is 47.3 Å². The number of phenols is 1. The summed E-state index contributed by atoms with van der Waals surface area (Å²) in [6.07, 6.45) is 0.486. The van der Waals surface area contributed by atoms with Crippen LogP contribution in [0.4, 0.5) is 0 Å². The second kappa shape index (κ2) is 24.0. The van der Waals surface area contributed by atoms with Crippen molar-refractivity contribution in [3.63, 3.8) is 0 Å². The van der Waals surface area contributed by atoms with Gasteiger partial charge < -0.3 is 53.2 Å². The van der Waals surface area contributed by atoms with Crippen LogP contribution < -0.4 is 43.0 Å². The standard InChI is InChI=1S/C41H60N8O10/c1-8-23(4)34(49-37(55)26(7)44-35(53)24(5)42)41(59)48-32(19-27-12-10-9-11-13-27)40(58)47-31(20-28-14-16-29(50)17-15-28)39(57)46-30(18-22(2)3)38(56)45-25(6)36(54)43-21-33(51)52/h9-17,22-26,30-32,34,50H,8,18-21,42H2,1-7H3,(H,43,54)(H,44,53)(H,45,56)(H,46,57)(H,47,58)(H,48,59)(H,49,55)(H,51,52)/p+1/t23-,24-,25-,26-,30-,31-,32-,34-/m0/s1. The summed E-state index contributed by atoms with van der Waals surface area (Å²) in [7, 11) is 0. The highest BCUT2D eigenvalue weighted by Gasteiger charge is 2.34. The number of rotatable bonds is 23. The Labute approximate surface area is 344 Å². The van der Waals surface area contributed by atoms with Crippen LogP contribution >= 0.6 is 0 Å². The summed E-state index contributed by atoms with van der Waals surface area (Å²) < 4.78 is 0. The minimum absolute atomic E-state index is 0.0127. The van der Waals surface area contributed by atoms with E-state index in [-0.39, 0.29) is 30.9 Å². The van der Waals surface area contributed by atoms with Crippen molar-refractivity contribution in [2.45, 2.75) is 116 Å². The number of quaternary nitrogens is 1. The van der Waals surface area contributed by atoms with Gasteiger partial charge in [-0.25, -0.2) is 0 Å². The summed E-state index contributed by atoms with van der Waals surface area (Å²) in [6, 6.07) is 7.09. The Kier molecular flexibility index (Phi) is 20.0. The van der Waals surface area contributed by atoms with E-state index in [0.29, 0.717) is 17.5 Å². The molecule has 2 aromatic rings. The van der Waals surface area contributed by atoms with Crippen molar-refractivity contribution in [1.82, 2.24) is 37.2 Å². The normalized spacial score (nSPS) is 15.1. The highest BCUT2D eigenvalue weighted by Crippen LogP contribution is 2.14. The van der Waals surface area contributed by atoms with Crippen LogP contribution in [0, 0.1) is 11.8 Å². The van der Waals surface area contributed by atoms with Gasteiger partial charge in [0.05, 0.1) is 0 Å². The van der Waals surface area contributed by atoms with Crippen LogP contribution in [0.15, 0.2) is 54.6 Å². The molecular weight excluding hydrogens is 764 g/mol. The van der Waals surface area contributed by atoms with Crippen molar-refractivity contribution < 1.29 is 54.3 Å². The van der Waals surface area contributed by atoms with E-state index in [4.69, 9.17) is 5.11 Å². The third kappa shape index (κ3) is 17.2. The van der Waals surface area contributed by atoms with Crippen LogP contribution in [-0.2, 0) is 51.2 Å². The number of hydrogen-bond donors (Lipinski definition) is 10. The molecule has 0 fully saturated rings. The van der Waals surface area contributed by atoms with E-state index in [0.717, 1.165) is 0 Å². The fourth-order valence-corrected chi connectivity index (χ4v) is 5.74. The van der Waals surface area contributed by atoms with Crippen LogP contribution in [0.3, 0.4) is 0 Å². The number of amides is 7. The molecule has 0 spiro atoms. The smallest absolute Gasteiger partial charge is 0.322 e. The van der Waals surface area contributed by atoms with Gasteiger partial charge in [0.2, 0.25) is 35.4 Å². The van der Waals surface area contributed by atoms with Gasteiger partial charge in [0.25, 0.3) is 5.91 Å². The molecule has 0 aromatic heterocycles. The molecule has 0 radical (unpaired) electrons. The van der Waals surface area contributed by atoms with Gasteiger partial charge >= 0.3 is 5.97 Å². The molecule has 0 saturated heterocycles. The van der Waals surface area contributed by atoms with Gasteiger partial charge in [-0.15, -0.1) is 0 Å². The number of nitrogens with one attached hydrogen (secondary N) is 7. The quantitative estimate of drug-likeness (QED) is 0.0656. The van der Waals surface area contributed by atoms with Crippen molar-refractivity contribution in [3.05, 3.63) is 65.7 Å². The topological polar surface area (TPSA) is 289 Å². The fraction of sp³-hybridized carbons (Fsp3) is 0.512. The van der Waals surface area contributed by atoms with Crippen LogP contribution in [0.2, 0.25) is 0 Å². The highest BCUT2D eigenvalue weighted by molar-refractivity contribution is 5.97. The number of aromatic hydroxyl groups is 1. The first kappa shape index (κ1) is 49.1. The first-order valence-corrected chi connectivity index (χ1v) is 19.7. The van der Waals surface area contributed by atoms with Gasteiger partial charge in [-0.2, -0.15) is 0 Å². The Morgan fingerprint density at radius 1 is 0.576 bits per heavy atom. The Morgan fingerprint density at radius 3 is 1.56 bits per heavy atom. The molecule has 0 aliphatic carbocycles. The average molecular weight is 826 g/mol. The molecule has 2 rings (SSSR count). The number of hydrogen-bond acceptors (Lipinski definition) is 9. The number of carbonyl (C=O) groups is 8. The Bertz CT molecular complexity index is 1760. The van der Waals surface area contributed by atoms with Crippen molar-refractivity contribution in [3.8, 4) is 5.75 Å². The third-order valence-corrected chi connectivity index (χ3v) is 9.42. The van der Waals surface area contributed by atoms with E-state index in [2.05, 4.69) is 43.0 Å². The molecule has 18 nitrogen and oxygen atoms in total. The summed E-state index contributed by atoms with van der Waals surface area (Å²) in [5.74, 6) is -6.57. The lowest BCUT2D eigenvalue weighted by Gasteiger charge is -2.29. The van der Waals surface area contributed by atoms with Crippen molar-refractivity contribution in [2.24, 2.45) is 11.8 Å². The summed E-state index contributed by atoms with van der Waals surface area (Å²) in [5, 5.41) is 36.9. The van der Waals surface area contributed by atoms with Crippen molar-refractivity contribution in [2.75, 3.05) is 6.54 Å². The molecule has 324 valence electrons. The zero-order chi connectivity index (χ0) is 44.4. The van der Waals surface area contributed by atoms with Crippen LogP contribution in [-0.4, -0.2) is 106 Å². The van der Waals surface area contributed by atoms with E-state index in [9.17, 15) is 43.5 Å². The minimum Gasteiger partial charge on any atom is -0.508 e. The van der Waals surface area contributed by atoms with Gasteiger partial charge in [0.15, 0.2) is 6.04 Å². The minimum atomic E-state index is -1.33. The molecule has 12 N–H and O–H groups in total. The summed E-state index contributed by atoms with van der Waals surface area (Å²) >= 11 is 0. The molecule has 0 saturated carbocycles. The monoisotopic (exact) mass is 825 g/mol. The molecule has 0 bridgehead atoms. The number of aliphatic carboxylic acids is 1. The lowest BCUT2D eigenvalue weighted by Crippen LogP contribution is -2.67. The maximum Gasteiger partial charge on any atom is 0.322 e. The summed E-state index contributed by atoms with van der Waals surface area (Å²) in [5.41, 5.74) is 4.86. The molecule has 7 amide bonds. The first-order valence-electron chi connectivity index (χ1n) is 19.7. The number of benzene rings is 2. The number of carboxylic acids is 1. The molecule has 8 atom stereocenters. The van der Waals surface area contributed by atoms with E-state index >= 15 is 0 Å². The largest absolute Gasteiger partial charge is 0.508 e. The average Bonchev–Trinajstić information content (AvgIpc) is 3.18. The molecule has 0 aliphatic heterocycles.